The molecular weight excluding hydrogens is 358 g/mol. The molecule has 1 atom stereocenters. The quantitative estimate of drug-likeness (QED) is 0.689. The zero-order chi connectivity index (χ0) is 18.9. The maximum atomic E-state index is 12.7. The SMILES string of the molecule is CC(CNC1Cc2ccccc2C1)NS(=O)(=O)c1ccc2cnccc2c1. The van der Waals surface area contributed by atoms with Crippen molar-refractivity contribution in [1.82, 2.24) is 15.0 Å². The van der Waals surface area contributed by atoms with Crippen LogP contribution in [0.15, 0.2) is 65.8 Å². The van der Waals surface area contributed by atoms with Crippen molar-refractivity contribution in [2.75, 3.05) is 6.54 Å². The average Bonchev–Trinajstić information content (AvgIpc) is 3.09. The van der Waals surface area contributed by atoms with Crippen LogP contribution in [-0.4, -0.2) is 32.0 Å². The first-order valence-electron chi connectivity index (χ1n) is 9.17. The van der Waals surface area contributed by atoms with Gasteiger partial charge in [-0.3, -0.25) is 4.98 Å². The van der Waals surface area contributed by atoms with Gasteiger partial charge in [-0.25, -0.2) is 13.1 Å². The normalized spacial score (nSPS) is 15.7. The Balaban J connectivity index is 1.37. The minimum atomic E-state index is -3.56. The molecule has 0 saturated carbocycles. The molecule has 2 N–H and O–H groups in total. The van der Waals surface area contributed by atoms with Crippen molar-refractivity contribution in [3.05, 3.63) is 72.1 Å². The van der Waals surface area contributed by atoms with E-state index in [-0.39, 0.29) is 10.9 Å². The zero-order valence-corrected chi connectivity index (χ0v) is 16.0. The monoisotopic (exact) mass is 381 g/mol. The Morgan fingerprint density at radius 3 is 2.56 bits per heavy atom. The molecule has 5 nitrogen and oxygen atoms in total. The number of hydrogen-bond acceptors (Lipinski definition) is 4. The van der Waals surface area contributed by atoms with Crippen LogP contribution in [0, 0.1) is 0 Å². The van der Waals surface area contributed by atoms with E-state index < -0.39 is 10.0 Å². The van der Waals surface area contributed by atoms with Crippen LogP contribution in [0.2, 0.25) is 0 Å². The topological polar surface area (TPSA) is 71.1 Å². The van der Waals surface area contributed by atoms with Crippen molar-refractivity contribution >= 4 is 20.8 Å². The van der Waals surface area contributed by atoms with Gasteiger partial charge in [0.05, 0.1) is 4.90 Å². The number of hydrogen-bond donors (Lipinski definition) is 2. The van der Waals surface area contributed by atoms with Gasteiger partial charge in [-0.05, 0) is 54.5 Å². The van der Waals surface area contributed by atoms with Crippen molar-refractivity contribution in [1.29, 1.82) is 0 Å². The molecule has 1 heterocycles. The highest BCUT2D eigenvalue weighted by atomic mass is 32.2. The number of nitrogens with one attached hydrogen (secondary N) is 2. The highest BCUT2D eigenvalue weighted by Gasteiger charge is 2.22. The minimum Gasteiger partial charge on any atom is -0.312 e. The molecule has 0 aliphatic heterocycles. The minimum absolute atomic E-state index is 0.202. The van der Waals surface area contributed by atoms with Crippen molar-refractivity contribution in [2.45, 2.75) is 36.7 Å². The predicted molar refractivity (Wildman–Crippen MR) is 107 cm³/mol. The van der Waals surface area contributed by atoms with Crippen LogP contribution in [0.3, 0.4) is 0 Å². The van der Waals surface area contributed by atoms with Gasteiger partial charge >= 0.3 is 0 Å². The average molecular weight is 382 g/mol. The Morgan fingerprint density at radius 2 is 1.81 bits per heavy atom. The summed E-state index contributed by atoms with van der Waals surface area (Å²) >= 11 is 0. The fraction of sp³-hybridized carbons (Fsp3) is 0.286. The second kappa shape index (κ2) is 7.38. The van der Waals surface area contributed by atoms with Gasteiger partial charge in [0.15, 0.2) is 0 Å². The van der Waals surface area contributed by atoms with Crippen LogP contribution >= 0.6 is 0 Å². The highest BCUT2D eigenvalue weighted by Crippen LogP contribution is 2.22. The Bertz CT molecular complexity index is 1040. The number of pyridine rings is 1. The largest absolute Gasteiger partial charge is 0.312 e. The summed E-state index contributed by atoms with van der Waals surface area (Å²) in [5.74, 6) is 0. The first kappa shape index (κ1) is 18.1. The summed E-state index contributed by atoms with van der Waals surface area (Å²) in [5, 5.41) is 5.28. The van der Waals surface area contributed by atoms with E-state index in [1.165, 1.54) is 11.1 Å². The highest BCUT2D eigenvalue weighted by molar-refractivity contribution is 7.89. The lowest BCUT2D eigenvalue weighted by Crippen LogP contribution is -2.43. The first-order chi connectivity index (χ1) is 13.0. The zero-order valence-electron chi connectivity index (χ0n) is 15.2. The van der Waals surface area contributed by atoms with Gasteiger partial charge in [-0.2, -0.15) is 0 Å². The van der Waals surface area contributed by atoms with Crippen LogP contribution in [0.1, 0.15) is 18.1 Å². The van der Waals surface area contributed by atoms with E-state index in [0.717, 1.165) is 23.6 Å². The molecule has 0 radical (unpaired) electrons. The Hall–Kier alpha value is -2.28. The lowest BCUT2D eigenvalue weighted by atomic mass is 10.1. The van der Waals surface area contributed by atoms with E-state index in [9.17, 15) is 8.42 Å². The summed E-state index contributed by atoms with van der Waals surface area (Å²) in [6.45, 7) is 2.48. The third-order valence-electron chi connectivity index (χ3n) is 5.04. The summed E-state index contributed by atoms with van der Waals surface area (Å²) in [4.78, 5) is 4.34. The molecule has 0 saturated heterocycles. The van der Waals surface area contributed by atoms with E-state index in [1.807, 2.05) is 13.0 Å². The van der Waals surface area contributed by atoms with E-state index in [1.54, 1.807) is 30.6 Å². The fourth-order valence-electron chi connectivity index (χ4n) is 3.65. The number of nitrogens with zero attached hydrogens (tertiary/aromatic N) is 1. The number of sulfonamides is 1. The van der Waals surface area contributed by atoms with Crippen LogP contribution in [0.4, 0.5) is 0 Å². The number of fused-ring (bicyclic) bond motifs is 2. The smallest absolute Gasteiger partial charge is 0.240 e. The Kier molecular flexibility index (Phi) is 4.95. The lowest BCUT2D eigenvalue weighted by molar-refractivity contribution is 0.482. The van der Waals surface area contributed by atoms with Crippen molar-refractivity contribution in [2.24, 2.45) is 0 Å². The summed E-state index contributed by atoms with van der Waals surface area (Å²) in [5.41, 5.74) is 2.77. The Labute approximate surface area is 159 Å². The van der Waals surface area contributed by atoms with Crippen LogP contribution in [-0.2, 0) is 22.9 Å². The van der Waals surface area contributed by atoms with Crippen LogP contribution in [0.25, 0.3) is 10.8 Å². The first-order valence-corrected chi connectivity index (χ1v) is 10.7. The molecule has 1 aliphatic carbocycles. The molecule has 0 amide bonds. The second-order valence-electron chi connectivity index (χ2n) is 7.19. The third-order valence-corrected chi connectivity index (χ3v) is 6.63. The molecule has 1 aromatic heterocycles. The van der Waals surface area contributed by atoms with E-state index in [0.29, 0.717) is 12.6 Å². The van der Waals surface area contributed by atoms with Crippen molar-refractivity contribution in [3.8, 4) is 0 Å². The summed E-state index contributed by atoms with van der Waals surface area (Å²) in [7, 11) is -3.56. The molecule has 140 valence electrons. The van der Waals surface area contributed by atoms with Gasteiger partial charge in [-0.1, -0.05) is 30.3 Å². The maximum Gasteiger partial charge on any atom is 0.240 e. The third kappa shape index (κ3) is 4.03. The molecule has 1 unspecified atom stereocenters. The molecule has 2 aromatic carbocycles. The van der Waals surface area contributed by atoms with Crippen molar-refractivity contribution in [3.63, 3.8) is 0 Å². The van der Waals surface area contributed by atoms with Gasteiger partial charge in [0, 0.05) is 36.4 Å². The molecule has 6 heteroatoms. The molecule has 0 fully saturated rings. The van der Waals surface area contributed by atoms with Crippen molar-refractivity contribution < 1.29 is 8.42 Å². The molecule has 3 aromatic rings. The summed E-state index contributed by atoms with van der Waals surface area (Å²) < 4.78 is 28.2. The summed E-state index contributed by atoms with van der Waals surface area (Å²) in [6.07, 6.45) is 5.38. The van der Waals surface area contributed by atoms with Gasteiger partial charge in [0.1, 0.15) is 0 Å². The summed E-state index contributed by atoms with van der Waals surface area (Å²) in [6, 6.07) is 15.5. The number of aromatic nitrogens is 1. The van der Waals surface area contributed by atoms with Gasteiger partial charge in [0.25, 0.3) is 0 Å². The van der Waals surface area contributed by atoms with E-state index in [4.69, 9.17) is 0 Å². The molecule has 27 heavy (non-hydrogen) atoms. The molecule has 0 spiro atoms. The molecule has 1 aliphatic rings. The maximum absolute atomic E-state index is 12.7. The second-order valence-corrected chi connectivity index (χ2v) is 8.90. The molecule has 0 bridgehead atoms. The van der Waals surface area contributed by atoms with Gasteiger partial charge < -0.3 is 5.32 Å². The standard InChI is InChI=1S/C21H23N3O2S/c1-15(13-23-20-10-16-4-2-3-5-17(16)11-20)24-27(25,26)21-7-6-19-14-22-9-8-18(19)12-21/h2-9,12,14-15,20,23-24H,10-11,13H2,1H3. The van der Waals surface area contributed by atoms with E-state index in [2.05, 4.69) is 39.3 Å². The molecular formula is C21H23N3O2S. The van der Waals surface area contributed by atoms with Gasteiger partial charge in [-0.15, -0.1) is 0 Å². The van der Waals surface area contributed by atoms with Crippen LogP contribution in [0.5, 0.6) is 0 Å². The van der Waals surface area contributed by atoms with Crippen LogP contribution < -0.4 is 10.0 Å². The van der Waals surface area contributed by atoms with Gasteiger partial charge in [0.2, 0.25) is 10.0 Å². The lowest BCUT2D eigenvalue weighted by Gasteiger charge is -2.18. The number of rotatable bonds is 6. The van der Waals surface area contributed by atoms with E-state index >= 15 is 0 Å². The molecule has 4 rings (SSSR count). The predicted octanol–water partition coefficient (Wildman–Crippen LogP) is 2.66. The fourth-order valence-corrected chi connectivity index (χ4v) is 4.93. The Morgan fingerprint density at radius 1 is 1.07 bits per heavy atom. The number of benzene rings is 2.